The van der Waals surface area contributed by atoms with Gasteiger partial charge in [-0.2, -0.15) is 10.5 Å². The maximum absolute atomic E-state index is 13.8. The lowest BCUT2D eigenvalue weighted by atomic mass is 10.2. The zero-order chi connectivity index (χ0) is 16.3. The second-order valence-corrected chi connectivity index (χ2v) is 4.54. The number of tetrazole rings is 1. The molecule has 0 unspecified atom stereocenters. The first kappa shape index (κ1) is 15.4. The number of rotatable bonds is 4. The van der Waals surface area contributed by atoms with E-state index in [2.05, 4.69) is 41.9 Å². The van der Waals surface area contributed by atoms with Crippen LogP contribution in [0.15, 0.2) is 16.7 Å². The molecule has 0 bridgehead atoms. The van der Waals surface area contributed by atoms with Crippen LogP contribution in [0.25, 0.3) is 5.57 Å². The molecular weight excluding hydrogens is 368 g/mol. The Morgan fingerprint density at radius 1 is 1.55 bits per heavy atom. The van der Waals surface area contributed by atoms with E-state index >= 15 is 0 Å². The number of hydrogen-bond donors (Lipinski definition) is 2. The van der Waals surface area contributed by atoms with Crippen molar-refractivity contribution >= 4 is 32.9 Å². The van der Waals surface area contributed by atoms with E-state index in [4.69, 9.17) is 5.26 Å². The number of nitrogens with one attached hydrogen (secondary N) is 2. The molecule has 0 aliphatic heterocycles. The van der Waals surface area contributed by atoms with Crippen molar-refractivity contribution in [2.24, 2.45) is 0 Å². The average Bonchev–Trinajstić information content (AvgIpc) is 3.01. The van der Waals surface area contributed by atoms with E-state index in [1.807, 2.05) is 0 Å². The van der Waals surface area contributed by atoms with Crippen LogP contribution in [0.4, 0.5) is 20.2 Å². The number of nitrogens with zero attached hydrogens (tertiary/aromatic N) is 5. The molecule has 0 saturated carbocycles. The van der Waals surface area contributed by atoms with Crippen LogP contribution in [0.2, 0.25) is 0 Å². The molecule has 0 saturated heterocycles. The van der Waals surface area contributed by atoms with Gasteiger partial charge >= 0.3 is 0 Å². The largest absolute Gasteiger partial charge is 0.352 e. The van der Waals surface area contributed by atoms with Gasteiger partial charge in [-0.15, -0.1) is 10.2 Å². The maximum Gasteiger partial charge on any atom is 0.297 e. The van der Waals surface area contributed by atoms with Crippen LogP contribution >= 0.6 is 15.9 Å². The minimum Gasteiger partial charge on any atom is -0.352 e. The number of nitro groups is 1. The highest BCUT2D eigenvalue weighted by Gasteiger charge is 2.24. The van der Waals surface area contributed by atoms with E-state index in [0.29, 0.717) is 0 Å². The lowest BCUT2D eigenvalue weighted by Gasteiger charge is -2.06. The molecule has 22 heavy (non-hydrogen) atoms. The van der Waals surface area contributed by atoms with E-state index in [1.54, 1.807) is 6.07 Å². The number of aromatic nitrogens is 4. The maximum atomic E-state index is 13.8. The van der Waals surface area contributed by atoms with Crippen molar-refractivity contribution in [3.05, 3.63) is 44.3 Å². The summed E-state index contributed by atoms with van der Waals surface area (Å²) >= 11 is 2.68. The van der Waals surface area contributed by atoms with Crippen LogP contribution in [0, 0.1) is 33.1 Å². The molecule has 112 valence electrons. The van der Waals surface area contributed by atoms with Gasteiger partial charge in [0.25, 0.3) is 5.69 Å². The zero-order valence-corrected chi connectivity index (χ0v) is 11.9. The summed E-state index contributed by atoms with van der Waals surface area (Å²) in [6, 6.07) is 2.49. The number of allylic oxidation sites excluding steroid dienone is 1. The summed E-state index contributed by atoms with van der Waals surface area (Å²) in [4.78, 5) is 10.0. The molecule has 2 N–H and O–H groups in total. The van der Waals surface area contributed by atoms with Crippen LogP contribution in [0.1, 0.15) is 5.82 Å². The monoisotopic (exact) mass is 371 g/mol. The molecule has 2 aromatic rings. The summed E-state index contributed by atoms with van der Waals surface area (Å²) in [5, 5.41) is 34.4. The highest BCUT2D eigenvalue weighted by atomic mass is 79.9. The van der Waals surface area contributed by atoms with E-state index in [0.717, 1.165) is 12.3 Å². The predicted octanol–water partition coefficient (Wildman–Crippen LogP) is 2.13. The Kier molecular flexibility index (Phi) is 4.37. The lowest BCUT2D eigenvalue weighted by molar-refractivity contribution is -0.384. The predicted molar refractivity (Wildman–Crippen MR) is 72.1 cm³/mol. The number of nitro benzene ring substituents is 1. The number of H-pyrrole nitrogens is 1. The second kappa shape index (κ2) is 6.22. The average molecular weight is 372 g/mol. The summed E-state index contributed by atoms with van der Waals surface area (Å²) in [7, 11) is 0. The number of benzene rings is 1. The van der Waals surface area contributed by atoms with Crippen LogP contribution in [0.5, 0.6) is 0 Å². The molecule has 1 aromatic heterocycles. The molecule has 12 heteroatoms. The van der Waals surface area contributed by atoms with E-state index in [9.17, 15) is 18.9 Å². The molecule has 1 heterocycles. The number of anilines is 1. The van der Waals surface area contributed by atoms with Gasteiger partial charge in [0.05, 0.1) is 9.40 Å². The fraction of sp³-hybridized carbons (Fsp3) is 0. The molecule has 9 nitrogen and oxygen atoms in total. The smallest absolute Gasteiger partial charge is 0.297 e. The fourth-order valence-electron chi connectivity index (χ4n) is 1.43. The molecule has 0 amide bonds. The van der Waals surface area contributed by atoms with Crippen molar-refractivity contribution in [1.82, 2.24) is 20.6 Å². The van der Waals surface area contributed by atoms with E-state index in [-0.39, 0.29) is 11.4 Å². The SMILES string of the molecule is N#CC(=CNc1c([N+](=O)[O-])cc(Br)c(F)c1F)c1nn[nH]n1. The first-order valence-corrected chi connectivity index (χ1v) is 6.17. The molecule has 1 aromatic carbocycles. The van der Waals surface area contributed by atoms with Crippen LogP contribution in [0.3, 0.4) is 0 Å². The van der Waals surface area contributed by atoms with Gasteiger partial charge in [0.15, 0.2) is 17.3 Å². The van der Waals surface area contributed by atoms with E-state index < -0.39 is 32.4 Å². The first-order chi connectivity index (χ1) is 10.5. The molecule has 0 radical (unpaired) electrons. The third-order valence-electron chi connectivity index (χ3n) is 2.41. The third kappa shape index (κ3) is 2.88. The minimum atomic E-state index is -1.47. The highest BCUT2D eigenvalue weighted by Crippen LogP contribution is 2.34. The van der Waals surface area contributed by atoms with Gasteiger partial charge in [-0.3, -0.25) is 10.1 Å². The number of hydrogen-bond acceptors (Lipinski definition) is 7. The lowest BCUT2D eigenvalue weighted by Crippen LogP contribution is -2.03. The number of halogens is 3. The van der Waals surface area contributed by atoms with E-state index in [1.165, 1.54) is 0 Å². The summed E-state index contributed by atoms with van der Waals surface area (Å²) in [5.41, 5.74) is -1.64. The van der Waals surface area contributed by atoms with Gasteiger partial charge in [0.1, 0.15) is 11.6 Å². The van der Waals surface area contributed by atoms with Crippen LogP contribution < -0.4 is 5.32 Å². The Bertz CT molecular complexity index is 801. The quantitative estimate of drug-likeness (QED) is 0.363. The molecule has 0 fully saturated rings. The molecule has 0 spiro atoms. The minimum absolute atomic E-state index is 0.115. The Hall–Kier alpha value is -2.94. The Labute approximate surface area is 128 Å². The zero-order valence-electron chi connectivity index (χ0n) is 10.3. The van der Waals surface area contributed by atoms with Crippen molar-refractivity contribution in [3.63, 3.8) is 0 Å². The molecular formula is C10H4BrF2N7O2. The molecule has 0 aliphatic rings. The Balaban J connectivity index is 2.47. The topological polar surface area (TPSA) is 133 Å². The third-order valence-corrected chi connectivity index (χ3v) is 2.98. The van der Waals surface area contributed by atoms with Crippen LogP contribution in [-0.2, 0) is 0 Å². The van der Waals surface area contributed by atoms with Gasteiger partial charge in [0, 0.05) is 12.3 Å². The summed E-state index contributed by atoms with van der Waals surface area (Å²) < 4.78 is 27.0. The number of nitriles is 1. The summed E-state index contributed by atoms with van der Waals surface area (Å²) in [6.45, 7) is 0. The van der Waals surface area contributed by atoms with Gasteiger partial charge < -0.3 is 5.32 Å². The Morgan fingerprint density at radius 3 is 2.82 bits per heavy atom. The van der Waals surface area contributed by atoms with Gasteiger partial charge in [-0.05, 0) is 21.1 Å². The Morgan fingerprint density at radius 2 is 2.27 bits per heavy atom. The summed E-state index contributed by atoms with van der Waals surface area (Å²) in [6.07, 6.45) is 0.906. The molecule has 2 rings (SSSR count). The highest BCUT2D eigenvalue weighted by molar-refractivity contribution is 9.10. The second-order valence-electron chi connectivity index (χ2n) is 3.69. The molecule has 0 atom stereocenters. The molecule has 0 aliphatic carbocycles. The first-order valence-electron chi connectivity index (χ1n) is 5.38. The standard InChI is InChI=1S/C10H4BrF2N7O2/c11-5-1-6(20(21)22)9(8(13)7(5)12)15-3-4(2-14)10-16-18-19-17-10/h1,3,15H,(H,16,17,18,19). The van der Waals surface area contributed by atoms with Crippen molar-refractivity contribution in [2.75, 3.05) is 5.32 Å². The van der Waals surface area contributed by atoms with Gasteiger partial charge in [-0.1, -0.05) is 0 Å². The van der Waals surface area contributed by atoms with Crippen molar-refractivity contribution < 1.29 is 13.7 Å². The van der Waals surface area contributed by atoms with Gasteiger partial charge in [0.2, 0.25) is 5.82 Å². The van der Waals surface area contributed by atoms with Gasteiger partial charge in [-0.25, -0.2) is 8.78 Å². The number of aromatic amines is 1. The van der Waals surface area contributed by atoms with Crippen molar-refractivity contribution in [2.45, 2.75) is 0 Å². The van der Waals surface area contributed by atoms with Crippen LogP contribution in [-0.4, -0.2) is 25.5 Å². The normalized spacial score (nSPS) is 11.1. The van der Waals surface area contributed by atoms with Crippen molar-refractivity contribution in [3.8, 4) is 6.07 Å². The summed E-state index contributed by atoms with van der Waals surface area (Å²) in [5.74, 6) is -2.89. The fourth-order valence-corrected chi connectivity index (χ4v) is 1.82. The van der Waals surface area contributed by atoms with Crippen molar-refractivity contribution in [1.29, 1.82) is 5.26 Å².